The zero-order valence-corrected chi connectivity index (χ0v) is 14.8. The predicted octanol–water partition coefficient (Wildman–Crippen LogP) is 0.849. The number of rotatable bonds is 4. The second-order valence-electron chi connectivity index (χ2n) is 6.67. The Hall–Kier alpha value is -1.92. The molecule has 24 heavy (non-hydrogen) atoms. The minimum absolute atomic E-state index is 1.00. The van der Waals surface area contributed by atoms with Gasteiger partial charge < -0.3 is 9.80 Å². The average Bonchev–Trinajstić information content (AvgIpc) is 2.62. The predicted molar refractivity (Wildman–Crippen MR) is 99.8 cm³/mol. The number of piperazine rings is 2. The molecule has 0 aromatic heterocycles. The van der Waals surface area contributed by atoms with Crippen LogP contribution in [0.2, 0.25) is 0 Å². The van der Waals surface area contributed by atoms with E-state index in [9.17, 15) is 0 Å². The smallest absolute Gasteiger partial charge is 0.0542 e. The number of likely N-dealkylation sites (N-methyl/N-ethyl adjacent to an activating group) is 2. The molecular formula is C18H28N6. The fourth-order valence-electron chi connectivity index (χ4n) is 2.79. The van der Waals surface area contributed by atoms with Crippen molar-refractivity contribution in [3.63, 3.8) is 0 Å². The van der Waals surface area contributed by atoms with Gasteiger partial charge in [-0.25, -0.2) is 0 Å². The van der Waals surface area contributed by atoms with E-state index in [1.54, 1.807) is 0 Å². The van der Waals surface area contributed by atoms with Crippen LogP contribution in [0.4, 0.5) is 0 Å². The second-order valence-corrected chi connectivity index (χ2v) is 6.67. The van der Waals surface area contributed by atoms with Crippen LogP contribution in [0.15, 0.2) is 34.5 Å². The van der Waals surface area contributed by atoms with E-state index >= 15 is 0 Å². The van der Waals surface area contributed by atoms with Crippen LogP contribution in [0.5, 0.6) is 0 Å². The van der Waals surface area contributed by atoms with Gasteiger partial charge >= 0.3 is 0 Å². The summed E-state index contributed by atoms with van der Waals surface area (Å²) in [5.41, 5.74) is 2.26. The Kier molecular flexibility index (Phi) is 5.82. The first-order valence-corrected chi connectivity index (χ1v) is 8.74. The van der Waals surface area contributed by atoms with E-state index in [0.717, 1.165) is 63.5 Å². The highest BCUT2D eigenvalue weighted by molar-refractivity contribution is 5.83. The van der Waals surface area contributed by atoms with Crippen molar-refractivity contribution in [1.82, 2.24) is 19.8 Å². The highest BCUT2D eigenvalue weighted by atomic mass is 15.5. The van der Waals surface area contributed by atoms with Crippen LogP contribution >= 0.6 is 0 Å². The van der Waals surface area contributed by atoms with Gasteiger partial charge in [0, 0.05) is 52.4 Å². The van der Waals surface area contributed by atoms with Gasteiger partial charge in [0.2, 0.25) is 0 Å². The standard InChI is InChI=1S/C18H28N6/c1-21-7-11-23(12-8-21)19-15-17-3-5-18(6-4-17)16-20-24-13-9-22(2)10-14-24/h3-6,15-16H,7-14H2,1-2H3. The van der Waals surface area contributed by atoms with Gasteiger partial charge in [-0.3, -0.25) is 10.0 Å². The molecule has 1 aromatic rings. The first kappa shape index (κ1) is 16.9. The molecule has 2 fully saturated rings. The van der Waals surface area contributed by atoms with E-state index in [0.29, 0.717) is 0 Å². The van der Waals surface area contributed by atoms with Crippen molar-refractivity contribution in [2.75, 3.05) is 66.5 Å². The summed E-state index contributed by atoms with van der Waals surface area (Å²) in [6.07, 6.45) is 3.90. The summed E-state index contributed by atoms with van der Waals surface area (Å²) in [6.45, 7) is 8.34. The number of nitrogens with zero attached hydrogens (tertiary/aromatic N) is 6. The molecular weight excluding hydrogens is 300 g/mol. The molecule has 0 bridgehead atoms. The molecule has 2 aliphatic rings. The number of hydrazone groups is 2. The Bertz CT molecular complexity index is 500. The van der Waals surface area contributed by atoms with Crippen molar-refractivity contribution >= 4 is 12.4 Å². The van der Waals surface area contributed by atoms with Crippen molar-refractivity contribution in [3.05, 3.63) is 35.4 Å². The van der Waals surface area contributed by atoms with Crippen LogP contribution < -0.4 is 0 Å². The lowest BCUT2D eigenvalue weighted by atomic mass is 10.2. The largest absolute Gasteiger partial charge is 0.303 e. The molecule has 0 unspecified atom stereocenters. The molecule has 0 amide bonds. The number of hydrogen-bond donors (Lipinski definition) is 0. The van der Waals surface area contributed by atoms with E-state index in [-0.39, 0.29) is 0 Å². The quantitative estimate of drug-likeness (QED) is 0.768. The summed E-state index contributed by atoms with van der Waals surface area (Å²) in [5.74, 6) is 0. The molecule has 2 heterocycles. The summed E-state index contributed by atoms with van der Waals surface area (Å²) >= 11 is 0. The Labute approximate surface area is 145 Å². The van der Waals surface area contributed by atoms with Gasteiger partial charge in [-0.15, -0.1) is 0 Å². The maximum absolute atomic E-state index is 4.58. The first-order valence-electron chi connectivity index (χ1n) is 8.74. The number of benzene rings is 1. The average molecular weight is 328 g/mol. The SMILES string of the molecule is CN1CCN(N=Cc2ccc(C=NN3CCN(C)CC3)cc2)CC1. The third-order valence-corrected chi connectivity index (χ3v) is 4.64. The summed E-state index contributed by atoms with van der Waals surface area (Å²) in [4.78, 5) is 4.67. The van der Waals surface area contributed by atoms with Gasteiger partial charge in [-0.05, 0) is 25.2 Å². The van der Waals surface area contributed by atoms with Crippen LogP contribution in [0.25, 0.3) is 0 Å². The molecule has 130 valence electrons. The van der Waals surface area contributed by atoms with Gasteiger partial charge in [0.1, 0.15) is 0 Å². The van der Waals surface area contributed by atoms with Crippen LogP contribution in [0.3, 0.4) is 0 Å². The molecule has 0 aliphatic carbocycles. The highest BCUT2D eigenvalue weighted by Gasteiger charge is 2.11. The molecule has 2 saturated heterocycles. The monoisotopic (exact) mass is 328 g/mol. The third kappa shape index (κ3) is 5.04. The fraction of sp³-hybridized carbons (Fsp3) is 0.556. The first-order chi connectivity index (χ1) is 11.7. The van der Waals surface area contributed by atoms with E-state index < -0.39 is 0 Å². The molecule has 2 aliphatic heterocycles. The minimum atomic E-state index is 1.00. The van der Waals surface area contributed by atoms with Gasteiger partial charge in [0.05, 0.1) is 12.4 Å². The lowest BCUT2D eigenvalue weighted by Crippen LogP contribution is -2.41. The number of hydrogen-bond acceptors (Lipinski definition) is 6. The lowest BCUT2D eigenvalue weighted by molar-refractivity contribution is 0.159. The molecule has 3 rings (SSSR count). The molecule has 0 N–H and O–H groups in total. The summed E-state index contributed by atoms with van der Waals surface area (Å²) in [7, 11) is 4.31. The van der Waals surface area contributed by atoms with E-state index in [4.69, 9.17) is 0 Å². The van der Waals surface area contributed by atoms with Crippen molar-refractivity contribution in [3.8, 4) is 0 Å². The van der Waals surface area contributed by atoms with E-state index in [1.165, 1.54) is 0 Å². The van der Waals surface area contributed by atoms with Crippen LogP contribution in [-0.4, -0.2) is 98.7 Å². The molecule has 0 saturated carbocycles. The summed E-state index contributed by atoms with van der Waals surface area (Å²) in [5, 5.41) is 13.4. The second kappa shape index (κ2) is 8.26. The molecule has 0 radical (unpaired) electrons. The van der Waals surface area contributed by atoms with Crippen molar-refractivity contribution in [1.29, 1.82) is 0 Å². The molecule has 0 atom stereocenters. The normalized spacial score (nSPS) is 21.2. The fourth-order valence-corrected chi connectivity index (χ4v) is 2.79. The zero-order valence-electron chi connectivity index (χ0n) is 14.8. The van der Waals surface area contributed by atoms with Crippen LogP contribution in [-0.2, 0) is 0 Å². The van der Waals surface area contributed by atoms with Gasteiger partial charge in [0.25, 0.3) is 0 Å². The topological polar surface area (TPSA) is 37.7 Å². The Morgan fingerprint density at radius 3 is 1.29 bits per heavy atom. The van der Waals surface area contributed by atoms with Crippen molar-refractivity contribution in [2.45, 2.75) is 0 Å². The Morgan fingerprint density at radius 1 is 0.625 bits per heavy atom. The van der Waals surface area contributed by atoms with Crippen LogP contribution in [0.1, 0.15) is 11.1 Å². The van der Waals surface area contributed by atoms with Crippen molar-refractivity contribution < 1.29 is 0 Å². The summed E-state index contributed by atoms with van der Waals surface area (Å²) < 4.78 is 0. The molecule has 6 heteroatoms. The summed E-state index contributed by atoms with van der Waals surface area (Å²) in [6, 6.07) is 8.41. The maximum atomic E-state index is 4.58. The Morgan fingerprint density at radius 2 is 0.958 bits per heavy atom. The van der Waals surface area contributed by atoms with Gasteiger partial charge in [-0.2, -0.15) is 10.2 Å². The van der Waals surface area contributed by atoms with E-state index in [2.05, 4.69) is 68.4 Å². The van der Waals surface area contributed by atoms with Crippen molar-refractivity contribution in [2.24, 2.45) is 10.2 Å². The molecule has 6 nitrogen and oxygen atoms in total. The maximum Gasteiger partial charge on any atom is 0.0542 e. The van der Waals surface area contributed by atoms with E-state index in [1.807, 2.05) is 12.4 Å². The molecule has 1 aromatic carbocycles. The Balaban J connectivity index is 1.50. The third-order valence-electron chi connectivity index (χ3n) is 4.64. The van der Waals surface area contributed by atoms with Gasteiger partial charge in [0.15, 0.2) is 0 Å². The van der Waals surface area contributed by atoms with Gasteiger partial charge in [-0.1, -0.05) is 24.3 Å². The lowest BCUT2D eigenvalue weighted by Gasteiger charge is -2.30. The van der Waals surface area contributed by atoms with Crippen LogP contribution in [0, 0.1) is 0 Å². The zero-order chi connectivity index (χ0) is 16.8. The highest BCUT2D eigenvalue weighted by Crippen LogP contribution is 2.04. The minimum Gasteiger partial charge on any atom is -0.303 e. The molecule has 0 spiro atoms.